The highest BCUT2D eigenvalue weighted by molar-refractivity contribution is 4.99. The quantitative estimate of drug-likeness (QED) is 0.644. The highest BCUT2D eigenvalue weighted by Gasteiger charge is 2.28. The molecule has 0 aliphatic heterocycles. The van der Waals surface area contributed by atoms with E-state index in [1.807, 2.05) is 0 Å². The van der Waals surface area contributed by atoms with E-state index in [-0.39, 0.29) is 0 Å². The molecule has 1 aliphatic rings. The number of aromatic nitrogens is 2. The molecule has 0 bridgehead atoms. The van der Waals surface area contributed by atoms with Crippen molar-refractivity contribution in [3.8, 4) is 0 Å². The molecule has 0 radical (unpaired) electrons. The fourth-order valence-electron chi connectivity index (χ4n) is 0.844. The lowest BCUT2D eigenvalue weighted by Gasteiger charge is -1.83. The molecule has 0 spiro atoms. The van der Waals surface area contributed by atoms with Crippen molar-refractivity contribution in [3.63, 3.8) is 0 Å². The van der Waals surface area contributed by atoms with Crippen molar-refractivity contribution < 1.29 is 4.42 Å². The minimum absolute atomic E-state index is 0.347. The smallest absolute Gasteiger partial charge is 0.230 e. The lowest BCUT2D eigenvalue weighted by Crippen LogP contribution is -1.95. The molecule has 2 rings (SSSR count). The van der Waals surface area contributed by atoms with Gasteiger partial charge >= 0.3 is 0 Å². The Balaban J connectivity index is 2.19. The summed E-state index contributed by atoms with van der Waals surface area (Å²) in [5.74, 6) is 1.84. The van der Waals surface area contributed by atoms with Gasteiger partial charge in [0.15, 0.2) is 0 Å². The third-order valence-electron chi connectivity index (χ3n) is 1.58. The summed E-state index contributed by atoms with van der Waals surface area (Å²) in [5.41, 5.74) is 5.29. The highest BCUT2D eigenvalue weighted by atomic mass is 16.4. The molecule has 1 aliphatic carbocycles. The van der Waals surface area contributed by atoms with E-state index < -0.39 is 0 Å². The molecule has 0 aromatic carbocycles. The topological polar surface area (TPSA) is 64.9 Å². The van der Waals surface area contributed by atoms with Gasteiger partial charge in [0.1, 0.15) is 0 Å². The van der Waals surface area contributed by atoms with Gasteiger partial charge in [0.05, 0.1) is 6.54 Å². The molecule has 10 heavy (non-hydrogen) atoms. The SMILES string of the molecule is NCc1nnc(C2CC2)o1. The zero-order valence-corrected chi connectivity index (χ0v) is 5.58. The van der Waals surface area contributed by atoms with E-state index in [4.69, 9.17) is 10.2 Å². The Morgan fingerprint density at radius 2 is 2.30 bits per heavy atom. The van der Waals surface area contributed by atoms with E-state index in [0.29, 0.717) is 18.4 Å². The Morgan fingerprint density at radius 1 is 1.50 bits per heavy atom. The van der Waals surface area contributed by atoms with Crippen LogP contribution in [0.3, 0.4) is 0 Å². The summed E-state index contributed by atoms with van der Waals surface area (Å²) < 4.78 is 5.21. The van der Waals surface area contributed by atoms with Gasteiger partial charge in [0.25, 0.3) is 0 Å². The lowest BCUT2D eigenvalue weighted by atomic mass is 10.4. The van der Waals surface area contributed by atoms with Crippen molar-refractivity contribution in [2.45, 2.75) is 25.3 Å². The zero-order valence-electron chi connectivity index (χ0n) is 5.58. The van der Waals surface area contributed by atoms with Crippen LogP contribution in [-0.2, 0) is 6.54 Å². The maximum atomic E-state index is 5.29. The molecule has 1 fully saturated rings. The van der Waals surface area contributed by atoms with E-state index in [1.54, 1.807) is 0 Å². The summed E-state index contributed by atoms with van der Waals surface area (Å²) in [7, 11) is 0. The van der Waals surface area contributed by atoms with Gasteiger partial charge in [-0.25, -0.2) is 0 Å². The summed E-state index contributed by atoms with van der Waals surface area (Å²) in [6.07, 6.45) is 2.37. The lowest BCUT2D eigenvalue weighted by molar-refractivity contribution is 0.452. The van der Waals surface area contributed by atoms with Crippen molar-refractivity contribution in [1.82, 2.24) is 10.2 Å². The second-order valence-corrected chi connectivity index (χ2v) is 2.51. The molecule has 4 nitrogen and oxygen atoms in total. The van der Waals surface area contributed by atoms with Gasteiger partial charge in [0, 0.05) is 5.92 Å². The van der Waals surface area contributed by atoms with Crippen LogP contribution in [0.25, 0.3) is 0 Å². The van der Waals surface area contributed by atoms with E-state index in [1.165, 1.54) is 12.8 Å². The largest absolute Gasteiger partial charge is 0.424 e. The number of rotatable bonds is 2. The Kier molecular flexibility index (Phi) is 1.20. The molecule has 0 saturated heterocycles. The average Bonchev–Trinajstić information content (AvgIpc) is 2.70. The van der Waals surface area contributed by atoms with Crippen LogP contribution >= 0.6 is 0 Å². The summed E-state index contributed by atoms with van der Waals surface area (Å²) in [6.45, 7) is 0.347. The summed E-state index contributed by atoms with van der Waals surface area (Å²) in [6, 6.07) is 0. The molecule has 0 atom stereocenters. The van der Waals surface area contributed by atoms with Crippen LogP contribution in [0, 0.1) is 0 Å². The molecular formula is C6H9N3O. The molecule has 54 valence electrons. The molecular weight excluding hydrogens is 130 g/mol. The van der Waals surface area contributed by atoms with Crippen molar-refractivity contribution >= 4 is 0 Å². The molecule has 1 saturated carbocycles. The normalized spacial score (nSPS) is 17.7. The van der Waals surface area contributed by atoms with Crippen molar-refractivity contribution in [2.24, 2.45) is 5.73 Å². The predicted molar refractivity (Wildman–Crippen MR) is 34.2 cm³/mol. The fraction of sp³-hybridized carbons (Fsp3) is 0.667. The number of hydrogen-bond acceptors (Lipinski definition) is 4. The van der Waals surface area contributed by atoms with Crippen LogP contribution < -0.4 is 5.73 Å². The molecule has 0 unspecified atom stereocenters. The predicted octanol–water partition coefficient (Wildman–Crippen LogP) is 0.406. The molecule has 1 aromatic heterocycles. The first-order chi connectivity index (χ1) is 4.90. The van der Waals surface area contributed by atoms with Gasteiger partial charge in [-0.2, -0.15) is 0 Å². The van der Waals surface area contributed by atoms with Crippen LogP contribution in [0.2, 0.25) is 0 Å². The first-order valence-electron chi connectivity index (χ1n) is 3.42. The van der Waals surface area contributed by atoms with Gasteiger partial charge in [-0.05, 0) is 12.8 Å². The third-order valence-corrected chi connectivity index (χ3v) is 1.58. The monoisotopic (exact) mass is 139 g/mol. The molecule has 0 amide bonds. The first-order valence-corrected chi connectivity index (χ1v) is 3.42. The van der Waals surface area contributed by atoms with Gasteiger partial charge in [0.2, 0.25) is 11.8 Å². The number of hydrogen-bond donors (Lipinski definition) is 1. The molecule has 1 heterocycles. The second-order valence-electron chi connectivity index (χ2n) is 2.51. The maximum absolute atomic E-state index is 5.29. The highest BCUT2D eigenvalue weighted by Crippen LogP contribution is 2.38. The zero-order chi connectivity index (χ0) is 6.97. The Morgan fingerprint density at radius 3 is 2.80 bits per heavy atom. The summed E-state index contributed by atoms with van der Waals surface area (Å²) in [4.78, 5) is 0. The number of nitrogens with zero attached hydrogens (tertiary/aromatic N) is 2. The second kappa shape index (κ2) is 2.05. The number of nitrogens with two attached hydrogens (primary N) is 1. The Hall–Kier alpha value is -0.900. The first kappa shape index (κ1) is 5.85. The van der Waals surface area contributed by atoms with Gasteiger partial charge in [-0.1, -0.05) is 0 Å². The molecule has 1 aromatic rings. The summed E-state index contributed by atoms with van der Waals surface area (Å²) >= 11 is 0. The average molecular weight is 139 g/mol. The van der Waals surface area contributed by atoms with Gasteiger partial charge in [-0.15, -0.1) is 10.2 Å². The fourth-order valence-corrected chi connectivity index (χ4v) is 0.844. The van der Waals surface area contributed by atoms with Crippen molar-refractivity contribution in [2.75, 3.05) is 0 Å². The molecule has 2 N–H and O–H groups in total. The van der Waals surface area contributed by atoms with E-state index in [9.17, 15) is 0 Å². The third kappa shape index (κ3) is 0.903. The van der Waals surface area contributed by atoms with Crippen LogP contribution in [0.4, 0.5) is 0 Å². The van der Waals surface area contributed by atoms with Gasteiger partial charge in [-0.3, -0.25) is 0 Å². The summed E-state index contributed by atoms with van der Waals surface area (Å²) in [5, 5.41) is 7.61. The van der Waals surface area contributed by atoms with E-state index in [2.05, 4.69) is 10.2 Å². The standard InChI is InChI=1S/C6H9N3O/c7-3-5-8-9-6(10-5)4-1-2-4/h4H,1-3,7H2. The van der Waals surface area contributed by atoms with Gasteiger partial charge < -0.3 is 10.2 Å². The minimum atomic E-state index is 0.347. The maximum Gasteiger partial charge on any atom is 0.230 e. The van der Waals surface area contributed by atoms with Crippen molar-refractivity contribution in [3.05, 3.63) is 11.8 Å². The Labute approximate surface area is 58.4 Å². The van der Waals surface area contributed by atoms with Crippen LogP contribution in [0.15, 0.2) is 4.42 Å². The van der Waals surface area contributed by atoms with E-state index >= 15 is 0 Å². The van der Waals surface area contributed by atoms with E-state index in [0.717, 1.165) is 5.89 Å². The van der Waals surface area contributed by atoms with Crippen LogP contribution in [-0.4, -0.2) is 10.2 Å². The van der Waals surface area contributed by atoms with Crippen LogP contribution in [0.5, 0.6) is 0 Å². The molecule has 4 heteroatoms. The van der Waals surface area contributed by atoms with Crippen molar-refractivity contribution in [1.29, 1.82) is 0 Å². The minimum Gasteiger partial charge on any atom is -0.424 e. The van der Waals surface area contributed by atoms with Crippen LogP contribution in [0.1, 0.15) is 30.5 Å². The Bertz CT molecular complexity index is 229.